The van der Waals surface area contributed by atoms with Crippen LogP contribution < -0.4 is 5.73 Å². The summed E-state index contributed by atoms with van der Waals surface area (Å²) in [4.78, 5) is 33.5. The molecule has 0 aromatic heterocycles. The van der Waals surface area contributed by atoms with Crippen LogP contribution in [0.3, 0.4) is 0 Å². The van der Waals surface area contributed by atoms with E-state index in [0.29, 0.717) is 57.8 Å². The van der Waals surface area contributed by atoms with Gasteiger partial charge in [0.05, 0.1) is 37.4 Å². The van der Waals surface area contributed by atoms with Crippen LogP contribution in [0.2, 0.25) is 0 Å². The zero-order valence-corrected chi connectivity index (χ0v) is 19.5. The lowest BCUT2D eigenvalue weighted by molar-refractivity contribution is -0.384. The average molecular weight is 504 g/mol. The molecule has 0 saturated carbocycles. The lowest BCUT2D eigenvalue weighted by Crippen LogP contribution is -2.26. The number of carbonyl (C=O) groups is 2. The van der Waals surface area contributed by atoms with E-state index in [9.17, 15) is 29.9 Å². The van der Waals surface area contributed by atoms with Gasteiger partial charge in [0.1, 0.15) is 34.8 Å². The third-order valence-corrected chi connectivity index (χ3v) is 5.54. The summed E-state index contributed by atoms with van der Waals surface area (Å²) in [6.07, 6.45) is 2.24. The molecular formula is C24H28N2O10. The highest BCUT2D eigenvalue weighted by Gasteiger charge is 2.23. The summed E-state index contributed by atoms with van der Waals surface area (Å²) in [6, 6.07) is 7.63. The van der Waals surface area contributed by atoms with Gasteiger partial charge in [-0.25, -0.2) is 9.59 Å². The number of nitro groups is 1. The molecule has 4 rings (SSSR count). The molecule has 2 heterocycles. The van der Waals surface area contributed by atoms with Crippen molar-refractivity contribution < 1.29 is 43.7 Å². The number of aromatic hydroxyl groups is 2. The number of ether oxygens (including phenoxy) is 4. The number of hydrogen-bond acceptors (Lipinski definition) is 11. The summed E-state index contributed by atoms with van der Waals surface area (Å²) in [6.45, 7) is 2.27. The van der Waals surface area contributed by atoms with Crippen molar-refractivity contribution in [3.63, 3.8) is 0 Å². The number of nitrogens with zero attached hydrogens (tertiary/aromatic N) is 1. The molecule has 0 aliphatic carbocycles. The Morgan fingerprint density at radius 2 is 1.28 bits per heavy atom. The summed E-state index contributed by atoms with van der Waals surface area (Å²) < 4.78 is 20.8. The number of nitrogen functional groups attached to an aromatic ring is 1. The van der Waals surface area contributed by atoms with Crippen LogP contribution in [0.25, 0.3) is 0 Å². The van der Waals surface area contributed by atoms with E-state index < -0.39 is 22.6 Å². The largest absolute Gasteiger partial charge is 0.507 e. The highest BCUT2D eigenvalue weighted by atomic mass is 16.6. The van der Waals surface area contributed by atoms with Crippen molar-refractivity contribution in [1.82, 2.24) is 0 Å². The van der Waals surface area contributed by atoms with Crippen molar-refractivity contribution in [2.24, 2.45) is 0 Å². The minimum absolute atomic E-state index is 0.0721. The van der Waals surface area contributed by atoms with Crippen LogP contribution >= 0.6 is 0 Å². The van der Waals surface area contributed by atoms with Crippen LogP contribution in [0.1, 0.15) is 46.4 Å². The zero-order valence-electron chi connectivity index (χ0n) is 19.5. The molecule has 0 unspecified atom stereocenters. The molecule has 0 spiro atoms. The van der Waals surface area contributed by atoms with E-state index in [4.69, 9.17) is 24.7 Å². The van der Waals surface area contributed by atoms with Crippen molar-refractivity contribution in [2.75, 3.05) is 32.2 Å². The second kappa shape index (κ2) is 12.7. The van der Waals surface area contributed by atoms with Crippen molar-refractivity contribution >= 4 is 23.3 Å². The van der Waals surface area contributed by atoms with Crippen molar-refractivity contribution in [3.8, 4) is 11.5 Å². The highest BCUT2D eigenvalue weighted by Crippen LogP contribution is 2.25. The van der Waals surface area contributed by atoms with Crippen LogP contribution in [0.4, 0.5) is 11.4 Å². The molecule has 194 valence electrons. The first-order chi connectivity index (χ1) is 17.2. The molecule has 2 aliphatic rings. The van der Waals surface area contributed by atoms with Gasteiger partial charge < -0.3 is 34.9 Å². The van der Waals surface area contributed by atoms with Crippen molar-refractivity contribution in [2.45, 2.75) is 37.9 Å². The molecular weight excluding hydrogens is 476 g/mol. The number of carbonyl (C=O) groups excluding carboxylic acids is 2. The minimum atomic E-state index is -0.681. The van der Waals surface area contributed by atoms with Crippen molar-refractivity contribution in [1.29, 1.82) is 0 Å². The molecule has 2 aromatic rings. The fourth-order valence-electron chi connectivity index (χ4n) is 3.54. The highest BCUT2D eigenvalue weighted by molar-refractivity contribution is 5.93. The monoisotopic (exact) mass is 504 g/mol. The number of non-ortho nitro benzene ring substituents is 1. The Morgan fingerprint density at radius 3 is 1.69 bits per heavy atom. The Bertz CT molecular complexity index is 1080. The van der Waals surface area contributed by atoms with E-state index in [0.717, 1.165) is 12.1 Å². The van der Waals surface area contributed by atoms with Crippen LogP contribution in [-0.4, -0.2) is 65.7 Å². The fourth-order valence-corrected chi connectivity index (χ4v) is 3.54. The van der Waals surface area contributed by atoms with E-state index in [-0.39, 0.29) is 34.8 Å². The molecule has 0 amide bonds. The van der Waals surface area contributed by atoms with Gasteiger partial charge in [-0.2, -0.15) is 0 Å². The van der Waals surface area contributed by atoms with Gasteiger partial charge in [0.2, 0.25) is 0 Å². The zero-order chi connectivity index (χ0) is 26.1. The molecule has 0 bridgehead atoms. The number of anilines is 1. The predicted molar refractivity (Wildman–Crippen MR) is 126 cm³/mol. The van der Waals surface area contributed by atoms with Crippen LogP contribution in [0.5, 0.6) is 11.5 Å². The number of phenolic OH excluding ortho intramolecular Hbond substituents is 2. The molecule has 2 aromatic carbocycles. The lowest BCUT2D eigenvalue weighted by atomic mass is 10.1. The lowest BCUT2D eigenvalue weighted by Gasteiger charge is -2.22. The van der Waals surface area contributed by atoms with Crippen LogP contribution in [0, 0.1) is 10.1 Å². The normalized spacial score (nSPS) is 16.3. The summed E-state index contributed by atoms with van der Waals surface area (Å²) in [5.74, 6) is -1.80. The third-order valence-electron chi connectivity index (χ3n) is 5.54. The summed E-state index contributed by atoms with van der Waals surface area (Å²) in [5, 5.41) is 29.7. The standard InChI is InChI=1S/C12H13NO6.C12H15NO4/c14-11-7-8(13(16)17)1-2-10(11)12(15)19-9-3-5-18-6-4-9;13-8-1-2-10(11(14)7-8)12(15)17-9-3-5-16-6-4-9/h1-2,7,9,14H,3-6H2;1-2,7,9,14H,3-6,13H2. The van der Waals surface area contributed by atoms with Gasteiger partial charge >= 0.3 is 11.9 Å². The molecule has 2 aliphatic heterocycles. The second-order valence-corrected chi connectivity index (χ2v) is 8.17. The fraction of sp³-hybridized carbons (Fsp3) is 0.417. The summed E-state index contributed by atoms with van der Waals surface area (Å²) in [7, 11) is 0. The molecule has 0 atom stereocenters. The van der Waals surface area contributed by atoms with Gasteiger partial charge in [0.15, 0.2) is 0 Å². The minimum Gasteiger partial charge on any atom is -0.507 e. The molecule has 4 N–H and O–H groups in total. The summed E-state index contributed by atoms with van der Waals surface area (Å²) >= 11 is 0. The molecule has 12 heteroatoms. The Kier molecular flexibility index (Phi) is 9.42. The molecule has 12 nitrogen and oxygen atoms in total. The predicted octanol–water partition coefficient (Wildman–Crippen LogP) is 2.95. The maximum Gasteiger partial charge on any atom is 0.342 e. The molecule has 36 heavy (non-hydrogen) atoms. The Labute approximate surface area is 206 Å². The number of nitrogens with two attached hydrogens (primary N) is 1. The molecule has 2 fully saturated rings. The number of phenols is 2. The Morgan fingerprint density at radius 1 is 0.833 bits per heavy atom. The SMILES string of the molecule is Nc1ccc(C(=O)OC2CCOCC2)c(O)c1.O=C(OC1CCOCC1)c1ccc([N+](=O)[O-])cc1O. The van der Waals surface area contributed by atoms with Gasteiger partial charge in [-0.15, -0.1) is 0 Å². The van der Waals surface area contributed by atoms with Gasteiger partial charge in [-0.05, 0) is 18.2 Å². The number of esters is 2. The first-order valence-corrected chi connectivity index (χ1v) is 11.4. The van der Waals surface area contributed by atoms with E-state index >= 15 is 0 Å². The number of hydrogen-bond donors (Lipinski definition) is 3. The smallest absolute Gasteiger partial charge is 0.342 e. The number of nitro benzene ring substituents is 1. The van der Waals surface area contributed by atoms with Gasteiger partial charge in [-0.1, -0.05) is 0 Å². The topological polar surface area (TPSA) is 181 Å². The van der Waals surface area contributed by atoms with E-state index in [1.54, 1.807) is 6.07 Å². The quantitative estimate of drug-likeness (QED) is 0.236. The average Bonchev–Trinajstić information content (AvgIpc) is 2.85. The third kappa shape index (κ3) is 7.55. The van der Waals surface area contributed by atoms with E-state index in [1.165, 1.54) is 18.2 Å². The summed E-state index contributed by atoms with van der Waals surface area (Å²) in [5.41, 5.74) is 5.69. The molecule has 2 saturated heterocycles. The van der Waals surface area contributed by atoms with Crippen LogP contribution in [-0.2, 0) is 18.9 Å². The Hall–Kier alpha value is -3.90. The molecule has 0 radical (unpaired) electrons. The van der Waals surface area contributed by atoms with Crippen LogP contribution in [0.15, 0.2) is 36.4 Å². The van der Waals surface area contributed by atoms with Gasteiger partial charge in [0, 0.05) is 43.5 Å². The van der Waals surface area contributed by atoms with Gasteiger partial charge in [-0.3, -0.25) is 10.1 Å². The van der Waals surface area contributed by atoms with Crippen molar-refractivity contribution in [3.05, 3.63) is 57.6 Å². The maximum absolute atomic E-state index is 11.8. The van der Waals surface area contributed by atoms with E-state index in [2.05, 4.69) is 0 Å². The van der Waals surface area contributed by atoms with Gasteiger partial charge in [0.25, 0.3) is 5.69 Å². The first-order valence-electron chi connectivity index (χ1n) is 11.4. The second-order valence-electron chi connectivity index (χ2n) is 8.17. The maximum atomic E-state index is 11.8. The first kappa shape index (κ1) is 26.7. The van der Waals surface area contributed by atoms with E-state index in [1.807, 2.05) is 0 Å². The Balaban J connectivity index is 0.000000202. The number of rotatable bonds is 5. The number of benzene rings is 2.